The van der Waals surface area contributed by atoms with Gasteiger partial charge in [-0.05, 0) is 42.9 Å². The third kappa shape index (κ3) is 9.41. The maximum absolute atomic E-state index is 13.4. The lowest BCUT2D eigenvalue weighted by molar-refractivity contribution is -0.121. The van der Waals surface area contributed by atoms with E-state index in [1.807, 2.05) is 22.9 Å². The van der Waals surface area contributed by atoms with Gasteiger partial charge in [-0.3, -0.25) is 14.3 Å². The zero-order valence-electron chi connectivity index (χ0n) is 23.7. The number of hydrogen-bond acceptors (Lipinski definition) is 5. The van der Waals surface area contributed by atoms with Crippen LogP contribution in [0.15, 0.2) is 24.3 Å². The highest BCUT2D eigenvalue weighted by Crippen LogP contribution is 2.38. The fraction of sp³-hybridized carbons (Fsp3) is 0.621. The Hall–Kier alpha value is -3.03. The van der Waals surface area contributed by atoms with E-state index in [4.69, 9.17) is 9.47 Å². The van der Waals surface area contributed by atoms with Gasteiger partial charge in [0.1, 0.15) is 11.5 Å². The van der Waals surface area contributed by atoms with E-state index in [9.17, 15) is 9.59 Å². The van der Waals surface area contributed by atoms with Crippen LogP contribution < -0.4 is 20.1 Å². The zero-order valence-corrected chi connectivity index (χ0v) is 23.7. The third-order valence-electron chi connectivity index (χ3n) is 6.11. The fourth-order valence-corrected chi connectivity index (χ4v) is 4.41. The van der Waals surface area contributed by atoms with E-state index in [1.165, 1.54) is 6.42 Å². The molecule has 8 heteroatoms. The second kappa shape index (κ2) is 15.3. The van der Waals surface area contributed by atoms with Gasteiger partial charge < -0.3 is 20.1 Å². The van der Waals surface area contributed by atoms with Gasteiger partial charge in [0.2, 0.25) is 5.91 Å². The SMILES string of the molecule is CCCCCCNC(=O)C[C@H](CC(C)C)NC(=O)c1cc(-c2c(OC)cccc2OC)n(CC(C)C)n1. The zero-order chi connectivity index (χ0) is 27.4. The molecule has 206 valence electrons. The van der Waals surface area contributed by atoms with Crippen LogP contribution in [0.1, 0.15) is 83.6 Å². The molecule has 2 N–H and O–H groups in total. The molecule has 0 radical (unpaired) electrons. The molecule has 0 bridgehead atoms. The number of methoxy groups -OCH3 is 2. The predicted octanol–water partition coefficient (Wildman–Crippen LogP) is 5.45. The highest BCUT2D eigenvalue weighted by atomic mass is 16.5. The average molecular weight is 515 g/mol. The van der Waals surface area contributed by atoms with Crippen molar-refractivity contribution in [3.8, 4) is 22.8 Å². The Labute approximate surface area is 222 Å². The van der Waals surface area contributed by atoms with Crippen molar-refractivity contribution in [2.45, 2.75) is 85.7 Å². The van der Waals surface area contributed by atoms with E-state index in [1.54, 1.807) is 20.3 Å². The van der Waals surface area contributed by atoms with Gasteiger partial charge in [0.25, 0.3) is 5.91 Å². The first kappa shape index (κ1) is 30.2. The van der Waals surface area contributed by atoms with Gasteiger partial charge in [0, 0.05) is 25.6 Å². The molecule has 0 fully saturated rings. The number of carbonyl (C=O) groups excluding carboxylic acids is 2. The number of hydrogen-bond donors (Lipinski definition) is 2. The molecule has 1 aromatic heterocycles. The van der Waals surface area contributed by atoms with Crippen LogP contribution in [0.4, 0.5) is 0 Å². The largest absolute Gasteiger partial charge is 0.496 e. The first-order valence-corrected chi connectivity index (χ1v) is 13.6. The maximum atomic E-state index is 13.4. The molecule has 0 aliphatic heterocycles. The standard InChI is InChI=1S/C29H46N4O4/c1-8-9-10-11-15-30-27(34)17-22(16-20(2)3)31-29(35)23-18-24(33(32-23)19-21(4)5)28-25(36-6)13-12-14-26(28)37-7/h12-14,18,20-22H,8-11,15-17,19H2,1-7H3,(H,30,34)(H,31,35)/t22-/m0/s1. The Bertz CT molecular complexity index is 978. The smallest absolute Gasteiger partial charge is 0.272 e. The fourth-order valence-electron chi connectivity index (χ4n) is 4.41. The summed E-state index contributed by atoms with van der Waals surface area (Å²) in [5.74, 6) is 1.60. The molecule has 0 saturated carbocycles. The lowest BCUT2D eigenvalue weighted by atomic mass is 10.0. The molecule has 1 aromatic carbocycles. The molecule has 2 amide bonds. The Morgan fingerprint density at radius 3 is 2.24 bits per heavy atom. The lowest BCUT2D eigenvalue weighted by Gasteiger charge is -2.20. The van der Waals surface area contributed by atoms with Crippen LogP contribution in [-0.4, -0.2) is 48.4 Å². The van der Waals surface area contributed by atoms with E-state index < -0.39 is 0 Å². The summed E-state index contributed by atoms with van der Waals surface area (Å²) < 4.78 is 13.1. The van der Waals surface area contributed by atoms with Crippen LogP contribution >= 0.6 is 0 Å². The number of benzene rings is 1. The number of nitrogens with one attached hydrogen (secondary N) is 2. The Morgan fingerprint density at radius 1 is 1.00 bits per heavy atom. The number of unbranched alkanes of at least 4 members (excludes halogenated alkanes) is 3. The minimum absolute atomic E-state index is 0.0350. The summed E-state index contributed by atoms with van der Waals surface area (Å²) in [6.07, 6.45) is 5.38. The van der Waals surface area contributed by atoms with Crippen molar-refractivity contribution in [2.75, 3.05) is 20.8 Å². The van der Waals surface area contributed by atoms with Gasteiger partial charge in [0.05, 0.1) is 25.5 Å². The molecule has 2 rings (SSSR count). The highest BCUT2D eigenvalue weighted by molar-refractivity contribution is 5.94. The van der Waals surface area contributed by atoms with Crippen LogP contribution in [0, 0.1) is 11.8 Å². The van der Waals surface area contributed by atoms with Crippen molar-refractivity contribution in [3.05, 3.63) is 30.0 Å². The van der Waals surface area contributed by atoms with Gasteiger partial charge in [-0.1, -0.05) is 59.9 Å². The molecule has 1 heterocycles. The second-order valence-electron chi connectivity index (χ2n) is 10.4. The molecule has 1 atom stereocenters. The van der Waals surface area contributed by atoms with Crippen molar-refractivity contribution in [2.24, 2.45) is 11.8 Å². The molecule has 0 saturated heterocycles. The normalized spacial score (nSPS) is 12.0. The van der Waals surface area contributed by atoms with E-state index in [2.05, 4.69) is 50.4 Å². The van der Waals surface area contributed by atoms with Crippen LogP contribution in [0.2, 0.25) is 0 Å². The molecule has 0 spiro atoms. The molecule has 2 aromatic rings. The molecule has 0 unspecified atom stereocenters. The minimum Gasteiger partial charge on any atom is -0.496 e. The van der Waals surface area contributed by atoms with Gasteiger partial charge in [0.15, 0.2) is 5.69 Å². The maximum Gasteiger partial charge on any atom is 0.272 e. The summed E-state index contributed by atoms with van der Waals surface area (Å²) in [5, 5.41) is 10.7. The number of amides is 2. The predicted molar refractivity (Wildman–Crippen MR) is 148 cm³/mol. The monoisotopic (exact) mass is 514 g/mol. The molecule has 37 heavy (non-hydrogen) atoms. The van der Waals surface area contributed by atoms with Crippen molar-refractivity contribution in [3.63, 3.8) is 0 Å². The minimum atomic E-state index is -0.293. The van der Waals surface area contributed by atoms with E-state index in [0.717, 1.165) is 30.5 Å². The van der Waals surface area contributed by atoms with Crippen LogP contribution in [0.25, 0.3) is 11.3 Å². The van der Waals surface area contributed by atoms with Crippen molar-refractivity contribution in [1.82, 2.24) is 20.4 Å². The molecule has 8 nitrogen and oxygen atoms in total. The van der Waals surface area contributed by atoms with Gasteiger partial charge in [-0.15, -0.1) is 0 Å². The first-order valence-electron chi connectivity index (χ1n) is 13.6. The summed E-state index contributed by atoms with van der Waals surface area (Å²) in [4.78, 5) is 25.9. The second-order valence-corrected chi connectivity index (χ2v) is 10.4. The topological polar surface area (TPSA) is 94.5 Å². The summed E-state index contributed by atoms with van der Waals surface area (Å²) in [7, 11) is 3.22. The van der Waals surface area contributed by atoms with Gasteiger partial charge in [-0.2, -0.15) is 5.10 Å². The first-order chi connectivity index (χ1) is 17.7. The van der Waals surface area contributed by atoms with E-state index in [0.29, 0.717) is 48.5 Å². The number of aromatic nitrogens is 2. The highest BCUT2D eigenvalue weighted by Gasteiger charge is 2.24. The number of rotatable bonds is 16. The Kier molecular flexibility index (Phi) is 12.5. The summed E-state index contributed by atoms with van der Waals surface area (Å²) in [6.45, 7) is 11.8. The Balaban J connectivity index is 2.26. The average Bonchev–Trinajstić information content (AvgIpc) is 3.25. The third-order valence-corrected chi connectivity index (χ3v) is 6.11. The number of nitrogens with zero attached hydrogens (tertiary/aromatic N) is 2. The van der Waals surface area contributed by atoms with Crippen LogP contribution in [0.5, 0.6) is 11.5 Å². The number of ether oxygens (including phenoxy) is 2. The summed E-state index contributed by atoms with van der Waals surface area (Å²) in [6, 6.07) is 7.10. The van der Waals surface area contributed by atoms with E-state index >= 15 is 0 Å². The van der Waals surface area contributed by atoms with Crippen molar-refractivity contribution >= 4 is 11.8 Å². The van der Waals surface area contributed by atoms with Gasteiger partial charge >= 0.3 is 0 Å². The lowest BCUT2D eigenvalue weighted by Crippen LogP contribution is -2.40. The summed E-state index contributed by atoms with van der Waals surface area (Å²) in [5.41, 5.74) is 1.80. The van der Waals surface area contributed by atoms with E-state index in [-0.39, 0.29) is 24.3 Å². The quantitative estimate of drug-likeness (QED) is 0.290. The van der Waals surface area contributed by atoms with Crippen LogP contribution in [0.3, 0.4) is 0 Å². The molecule has 0 aliphatic carbocycles. The molecule has 0 aliphatic rings. The van der Waals surface area contributed by atoms with Crippen molar-refractivity contribution < 1.29 is 19.1 Å². The van der Waals surface area contributed by atoms with Crippen molar-refractivity contribution in [1.29, 1.82) is 0 Å². The number of carbonyl (C=O) groups is 2. The Morgan fingerprint density at radius 2 is 1.68 bits per heavy atom. The molecular formula is C29H46N4O4. The van der Waals surface area contributed by atoms with Crippen LogP contribution in [-0.2, 0) is 11.3 Å². The summed E-state index contributed by atoms with van der Waals surface area (Å²) >= 11 is 0. The van der Waals surface area contributed by atoms with Gasteiger partial charge in [-0.25, -0.2) is 0 Å². The molecular weight excluding hydrogens is 468 g/mol.